The zero-order valence-corrected chi connectivity index (χ0v) is 18.0. The first-order valence-corrected chi connectivity index (χ1v) is 11.4. The van der Waals surface area contributed by atoms with Gasteiger partial charge in [-0.15, -0.1) is 0 Å². The zero-order chi connectivity index (χ0) is 21.5. The van der Waals surface area contributed by atoms with Gasteiger partial charge in [0.05, 0.1) is 29.6 Å². The summed E-state index contributed by atoms with van der Waals surface area (Å²) >= 11 is 0. The molecule has 1 spiro atoms. The number of aliphatic hydroxyl groups excluding tert-OH is 1. The van der Waals surface area contributed by atoms with Crippen LogP contribution in [0.3, 0.4) is 0 Å². The first-order chi connectivity index (χ1) is 14.3. The van der Waals surface area contributed by atoms with Crippen molar-refractivity contribution in [3.05, 3.63) is 66.2 Å². The summed E-state index contributed by atoms with van der Waals surface area (Å²) in [5.74, 6) is -0.201. The van der Waals surface area contributed by atoms with E-state index in [4.69, 9.17) is 0 Å². The molecule has 2 aromatic rings. The molecule has 0 saturated carbocycles. The van der Waals surface area contributed by atoms with Crippen molar-refractivity contribution in [1.82, 2.24) is 14.1 Å². The van der Waals surface area contributed by atoms with Crippen molar-refractivity contribution in [3.63, 3.8) is 0 Å². The lowest BCUT2D eigenvalue weighted by Gasteiger charge is -2.69. The molecule has 1 amide bonds. The highest BCUT2D eigenvalue weighted by atomic mass is 32.2. The van der Waals surface area contributed by atoms with Crippen molar-refractivity contribution in [2.45, 2.75) is 22.4 Å². The van der Waals surface area contributed by atoms with Crippen molar-refractivity contribution >= 4 is 15.9 Å². The van der Waals surface area contributed by atoms with Gasteiger partial charge in [0.1, 0.15) is 0 Å². The van der Waals surface area contributed by atoms with Crippen molar-refractivity contribution in [1.29, 1.82) is 0 Å². The number of aliphatic hydroxyl groups is 1. The Morgan fingerprint density at radius 1 is 1.07 bits per heavy atom. The number of nitrogens with zero attached hydrogens (tertiary/aromatic N) is 3. The lowest BCUT2D eigenvalue weighted by molar-refractivity contribution is -0.167. The van der Waals surface area contributed by atoms with Crippen molar-refractivity contribution in [2.24, 2.45) is 0 Å². The Hall–Kier alpha value is -2.26. The number of sulfonamides is 1. The van der Waals surface area contributed by atoms with Gasteiger partial charge >= 0.3 is 0 Å². The second kappa shape index (κ2) is 7.77. The van der Waals surface area contributed by atoms with E-state index in [1.165, 1.54) is 4.31 Å². The van der Waals surface area contributed by atoms with Gasteiger partial charge in [0.15, 0.2) is 0 Å². The van der Waals surface area contributed by atoms with Crippen LogP contribution in [0.2, 0.25) is 0 Å². The van der Waals surface area contributed by atoms with Gasteiger partial charge in [-0.2, -0.15) is 4.31 Å². The van der Waals surface area contributed by atoms with E-state index in [0.717, 1.165) is 5.56 Å². The molecule has 7 nitrogen and oxygen atoms in total. The molecule has 8 heteroatoms. The minimum absolute atomic E-state index is 0.0260. The van der Waals surface area contributed by atoms with Gasteiger partial charge in [-0.25, -0.2) is 8.42 Å². The number of benzene rings is 2. The van der Waals surface area contributed by atoms with Crippen LogP contribution in [0.25, 0.3) is 0 Å². The number of carbonyl (C=O) groups excluding carboxylic acids is 1. The van der Waals surface area contributed by atoms with Crippen LogP contribution in [-0.4, -0.2) is 85.5 Å². The molecule has 2 heterocycles. The van der Waals surface area contributed by atoms with E-state index in [9.17, 15) is 18.3 Å². The van der Waals surface area contributed by atoms with Crippen LogP contribution in [0.4, 0.5) is 0 Å². The summed E-state index contributed by atoms with van der Waals surface area (Å²) < 4.78 is 28.5. The highest BCUT2D eigenvalue weighted by Gasteiger charge is 2.70. The van der Waals surface area contributed by atoms with Crippen molar-refractivity contribution in [2.75, 3.05) is 40.3 Å². The van der Waals surface area contributed by atoms with Gasteiger partial charge in [0, 0.05) is 19.0 Å². The van der Waals surface area contributed by atoms with E-state index >= 15 is 0 Å². The van der Waals surface area contributed by atoms with E-state index in [-0.39, 0.29) is 29.9 Å². The normalized spacial score (nSPS) is 23.3. The molecule has 1 N–H and O–H groups in total. The molecule has 2 saturated heterocycles. The number of hydrogen-bond donors (Lipinski definition) is 1. The molecule has 2 atom stereocenters. The third-order valence-electron chi connectivity index (χ3n) is 6.08. The molecule has 4 rings (SSSR count). The molecule has 2 aromatic carbocycles. The van der Waals surface area contributed by atoms with Gasteiger partial charge in [0.2, 0.25) is 15.9 Å². The summed E-state index contributed by atoms with van der Waals surface area (Å²) in [4.78, 5) is 16.3. The number of likely N-dealkylation sites (tertiary alicyclic amines) is 1. The van der Waals surface area contributed by atoms with Crippen LogP contribution < -0.4 is 0 Å². The fraction of sp³-hybridized carbons (Fsp3) is 0.409. The Morgan fingerprint density at radius 2 is 1.63 bits per heavy atom. The van der Waals surface area contributed by atoms with Crippen LogP contribution in [0, 0.1) is 0 Å². The van der Waals surface area contributed by atoms with Crippen molar-refractivity contribution in [3.8, 4) is 0 Å². The summed E-state index contributed by atoms with van der Waals surface area (Å²) in [6.07, 6.45) is 0. The number of amides is 1. The SMILES string of the molecule is CN(C)CC(=O)N1CC2(C1)[C@H](c1ccccc1)[C@@H](CO)N2S(=O)(=O)c1ccccc1. The van der Waals surface area contributed by atoms with Crippen LogP contribution in [0.1, 0.15) is 11.5 Å². The second-order valence-corrected chi connectivity index (χ2v) is 10.2. The highest BCUT2D eigenvalue weighted by Crippen LogP contribution is 2.56. The Labute approximate surface area is 177 Å². The first-order valence-electron chi connectivity index (χ1n) is 9.99. The summed E-state index contributed by atoms with van der Waals surface area (Å²) in [5, 5.41) is 10.2. The molecule has 0 aliphatic carbocycles. The molecule has 0 bridgehead atoms. The van der Waals surface area contributed by atoms with E-state index in [1.807, 2.05) is 44.4 Å². The molecule has 0 unspecified atom stereocenters. The monoisotopic (exact) mass is 429 g/mol. The maximum atomic E-state index is 13.5. The Morgan fingerprint density at radius 3 is 2.17 bits per heavy atom. The first kappa shape index (κ1) is 21.0. The van der Waals surface area contributed by atoms with E-state index in [0.29, 0.717) is 13.1 Å². The molecule has 0 aromatic heterocycles. The Kier molecular flexibility index (Phi) is 5.44. The maximum Gasteiger partial charge on any atom is 0.244 e. The standard InChI is InChI=1S/C22H27N3O4S/c1-23(2)13-20(27)24-15-22(16-24)21(17-9-5-3-6-10-17)19(14-26)25(22)30(28,29)18-11-7-4-8-12-18/h3-12,19,21,26H,13-16H2,1-2H3/t19-,21-/m1/s1. The quantitative estimate of drug-likeness (QED) is 0.740. The lowest BCUT2D eigenvalue weighted by Crippen LogP contribution is -2.86. The summed E-state index contributed by atoms with van der Waals surface area (Å²) in [6.45, 7) is 0.642. The van der Waals surface area contributed by atoms with Gasteiger partial charge in [-0.05, 0) is 31.8 Å². The molecule has 30 heavy (non-hydrogen) atoms. The molecule has 2 aliphatic rings. The highest BCUT2D eigenvalue weighted by molar-refractivity contribution is 7.89. The summed E-state index contributed by atoms with van der Waals surface area (Å²) in [5.41, 5.74) is 0.238. The van der Waals surface area contributed by atoms with Crippen LogP contribution in [0.5, 0.6) is 0 Å². The van der Waals surface area contributed by atoms with E-state index in [2.05, 4.69) is 0 Å². The average molecular weight is 430 g/mol. The van der Waals surface area contributed by atoms with E-state index < -0.39 is 21.6 Å². The fourth-order valence-corrected chi connectivity index (χ4v) is 6.85. The van der Waals surface area contributed by atoms with Gasteiger partial charge in [-0.1, -0.05) is 48.5 Å². The third-order valence-corrected chi connectivity index (χ3v) is 8.10. The third kappa shape index (κ3) is 3.24. The molecular formula is C22H27N3O4S. The molecular weight excluding hydrogens is 402 g/mol. The maximum absolute atomic E-state index is 13.5. The number of rotatable bonds is 6. The molecule has 2 aliphatic heterocycles. The van der Waals surface area contributed by atoms with Gasteiger partial charge in [-0.3, -0.25) is 4.79 Å². The number of carbonyl (C=O) groups is 1. The average Bonchev–Trinajstić information content (AvgIpc) is 2.67. The Balaban J connectivity index is 1.71. The number of hydrogen-bond acceptors (Lipinski definition) is 5. The smallest absolute Gasteiger partial charge is 0.244 e. The predicted molar refractivity (Wildman–Crippen MR) is 113 cm³/mol. The minimum Gasteiger partial charge on any atom is -0.395 e. The Bertz CT molecular complexity index is 1010. The van der Waals surface area contributed by atoms with Crippen LogP contribution >= 0.6 is 0 Å². The topological polar surface area (TPSA) is 81.2 Å². The largest absolute Gasteiger partial charge is 0.395 e. The zero-order valence-electron chi connectivity index (χ0n) is 17.2. The predicted octanol–water partition coefficient (Wildman–Crippen LogP) is 0.978. The summed E-state index contributed by atoms with van der Waals surface area (Å²) in [7, 11) is -0.158. The van der Waals surface area contributed by atoms with Crippen molar-refractivity contribution < 1.29 is 18.3 Å². The molecule has 0 radical (unpaired) electrons. The summed E-state index contributed by atoms with van der Waals surface area (Å²) in [6, 6.07) is 17.4. The molecule has 2 fully saturated rings. The minimum atomic E-state index is -3.82. The van der Waals surface area contributed by atoms with Crippen LogP contribution in [-0.2, 0) is 14.8 Å². The second-order valence-electron chi connectivity index (χ2n) is 8.34. The van der Waals surface area contributed by atoms with Crippen LogP contribution in [0.15, 0.2) is 65.6 Å². The molecule has 160 valence electrons. The lowest BCUT2D eigenvalue weighted by atomic mass is 9.63. The van der Waals surface area contributed by atoms with Gasteiger partial charge < -0.3 is 14.9 Å². The number of likely N-dealkylation sites (N-methyl/N-ethyl adjacent to an activating group) is 1. The van der Waals surface area contributed by atoms with E-state index in [1.54, 1.807) is 40.1 Å². The van der Waals surface area contributed by atoms with Gasteiger partial charge in [0.25, 0.3) is 0 Å². The fourth-order valence-electron chi connectivity index (χ4n) is 4.87.